The van der Waals surface area contributed by atoms with Gasteiger partial charge < -0.3 is 5.73 Å². The Morgan fingerprint density at radius 3 is 1.43 bits per heavy atom. The first kappa shape index (κ1) is 24.9. The number of benzene rings is 2. The van der Waals surface area contributed by atoms with E-state index in [1.807, 2.05) is 66.8 Å². The van der Waals surface area contributed by atoms with Crippen LogP contribution in [0.25, 0.3) is 24.3 Å². The van der Waals surface area contributed by atoms with E-state index in [0.29, 0.717) is 13.1 Å². The molecule has 1 aromatic heterocycles. The predicted molar refractivity (Wildman–Crippen MR) is 138 cm³/mol. The number of nitro benzene ring substituents is 2. The van der Waals surface area contributed by atoms with Gasteiger partial charge in [-0.1, -0.05) is 36.5 Å². The average molecular weight is 470 g/mol. The van der Waals surface area contributed by atoms with E-state index >= 15 is 0 Å². The molecule has 0 aliphatic heterocycles. The number of nitrogens with two attached hydrogens (primary N) is 1. The topological polar surface area (TPSA) is 116 Å². The minimum atomic E-state index is -0.420. The summed E-state index contributed by atoms with van der Waals surface area (Å²) in [6, 6.07) is 18.7. The van der Waals surface area contributed by atoms with Gasteiger partial charge >= 0.3 is 0 Å². The van der Waals surface area contributed by atoms with Crippen molar-refractivity contribution in [1.82, 2.24) is 0 Å². The van der Waals surface area contributed by atoms with Gasteiger partial charge in [-0.2, -0.15) is 4.57 Å². The highest BCUT2D eigenvalue weighted by molar-refractivity contribution is 5.58. The summed E-state index contributed by atoms with van der Waals surface area (Å²) in [6.45, 7) is 1.12. The molecular formula is C27H25N4O4+. The number of rotatable bonds is 10. The molecule has 0 saturated heterocycles. The van der Waals surface area contributed by atoms with Crippen molar-refractivity contribution in [3.63, 3.8) is 0 Å². The maximum atomic E-state index is 10.8. The number of aromatic nitrogens is 1. The van der Waals surface area contributed by atoms with E-state index in [1.165, 1.54) is 24.3 Å². The monoisotopic (exact) mass is 469 g/mol. The summed E-state index contributed by atoms with van der Waals surface area (Å²) in [5.74, 6) is 0. The molecule has 0 fully saturated rings. The molecule has 0 aliphatic rings. The van der Waals surface area contributed by atoms with Crippen LogP contribution in [0.3, 0.4) is 0 Å². The second-order valence-electron chi connectivity index (χ2n) is 7.45. The lowest BCUT2D eigenvalue weighted by molar-refractivity contribution is -0.697. The molecule has 1 heterocycles. The largest absolute Gasteiger partial charge is 0.325 e. The van der Waals surface area contributed by atoms with Crippen molar-refractivity contribution >= 4 is 35.7 Å². The van der Waals surface area contributed by atoms with Crippen molar-refractivity contribution in [3.05, 3.63) is 134 Å². The van der Waals surface area contributed by atoms with Gasteiger partial charge in [0.2, 0.25) is 11.4 Å². The van der Waals surface area contributed by atoms with Gasteiger partial charge in [0.1, 0.15) is 0 Å². The molecule has 35 heavy (non-hydrogen) atoms. The fourth-order valence-electron chi connectivity index (χ4n) is 3.31. The minimum Gasteiger partial charge on any atom is -0.325 e. The third-order valence-corrected chi connectivity index (χ3v) is 5.05. The van der Waals surface area contributed by atoms with Crippen molar-refractivity contribution < 1.29 is 14.4 Å². The molecule has 0 bridgehead atoms. The Morgan fingerprint density at radius 2 is 1.06 bits per heavy atom. The highest BCUT2D eigenvalue weighted by atomic mass is 16.6. The third-order valence-electron chi connectivity index (χ3n) is 5.05. The second kappa shape index (κ2) is 12.5. The molecule has 3 aromatic rings. The van der Waals surface area contributed by atoms with Gasteiger partial charge in [-0.3, -0.25) is 20.2 Å². The zero-order valence-corrected chi connectivity index (χ0v) is 18.9. The van der Waals surface area contributed by atoms with Gasteiger partial charge in [-0.25, -0.2) is 0 Å². The summed E-state index contributed by atoms with van der Waals surface area (Å²) >= 11 is 0. The molecular weight excluding hydrogens is 444 g/mol. The zero-order chi connectivity index (χ0) is 25.0. The van der Waals surface area contributed by atoms with Crippen molar-refractivity contribution in [2.24, 2.45) is 5.73 Å². The molecule has 0 unspecified atom stereocenters. The fourth-order valence-corrected chi connectivity index (χ4v) is 3.31. The molecule has 0 radical (unpaired) electrons. The number of pyridine rings is 1. The van der Waals surface area contributed by atoms with Crippen LogP contribution in [0.1, 0.15) is 22.5 Å². The standard InChI is InChI=1S/C27H25N4O4/c28-20-21-29-24(8-3-1-6-22-12-16-26(17-13-22)30(32)33)10-5-11-25(29)9-4-2-7-23-14-18-27(19-15-23)31(34)35/h1-19H,20-21,28H2/q+1/b6-1+,7-2+,8-3+,9-4+. The van der Waals surface area contributed by atoms with E-state index in [9.17, 15) is 20.2 Å². The Hall–Kier alpha value is -4.69. The normalized spacial score (nSPS) is 11.8. The Kier molecular flexibility index (Phi) is 8.92. The van der Waals surface area contributed by atoms with Crippen molar-refractivity contribution in [3.8, 4) is 0 Å². The first-order valence-electron chi connectivity index (χ1n) is 10.9. The molecule has 8 nitrogen and oxygen atoms in total. The molecule has 0 amide bonds. The van der Waals surface area contributed by atoms with E-state index in [0.717, 1.165) is 22.5 Å². The summed E-state index contributed by atoms with van der Waals surface area (Å²) in [4.78, 5) is 20.7. The molecule has 2 aromatic carbocycles. The first-order valence-corrected chi connectivity index (χ1v) is 10.9. The maximum absolute atomic E-state index is 10.8. The fraction of sp³-hybridized carbons (Fsp3) is 0.0741. The Morgan fingerprint density at radius 1 is 0.657 bits per heavy atom. The number of nitrogens with zero attached hydrogens (tertiary/aromatic N) is 3. The van der Waals surface area contributed by atoms with Crippen molar-refractivity contribution in [1.29, 1.82) is 0 Å². The number of hydrogen-bond donors (Lipinski definition) is 1. The Balaban J connectivity index is 1.71. The lowest BCUT2D eigenvalue weighted by Gasteiger charge is -2.02. The Bertz CT molecular complexity index is 1200. The number of allylic oxidation sites excluding steroid dienone is 4. The van der Waals surface area contributed by atoms with Crippen LogP contribution < -0.4 is 10.3 Å². The third kappa shape index (κ3) is 7.41. The minimum absolute atomic E-state index is 0.0629. The predicted octanol–water partition coefficient (Wildman–Crippen LogP) is 5.20. The van der Waals surface area contributed by atoms with Crippen molar-refractivity contribution in [2.45, 2.75) is 6.54 Å². The molecule has 8 heteroatoms. The number of hydrogen-bond acceptors (Lipinski definition) is 5. The van der Waals surface area contributed by atoms with Crippen LogP contribution >= 0.6 is 0 Å². The van der Waals surface area contributed by atoms with E-state index < -0.39 is 9.85 Å². The summed E-state index contributed by atoms with van der Waals surface area (Å²) in [6.07, 6.45) is 15.3. The maximum Gasteiger partial charge on any atom is 0.269 e. The number of nitro groups is 2. The van der Waals surface area contributed by atoms with Crippen LogP contribution in [0.2, 0.25) is 0 Å². The average Bonchev–Trinajstić information content (AvgIpc) is 2.86. The lowest BCUT2D eigenvalue weighted by atomic mass is 10.2. The van der Waals surface area contributed by atoms with E-state index in [-0.39, 0.29) is 11.4 Å². The highest BCUT2D eigenvalue weighted by Gasteiger charge is 2.11. The molecule has 0 atom stereocenters. The quantitative estimate of drug-likeness (QED) is 0.190. The molecule has 2 N–H and O–H groups in total. The van der Waals surface area contributed by atoms with Crippen LogP contribution in [-0.4, -0.2) is 16.4 Å². The Labute approximate surface area is 203 Å². The first-order chi connectivity index (χ1) is 17.0. The van der Waals surface area contributed by atoms with Gasteiger partial charge in [0.05, 0.1) is 16.4 Å². The van der Waals surface area contributed by atoms with Gasteiger partial charge in [0.25, 0.3) is 11.4 Å². The number of non-ortho nitro benzene ring substituents is 2. The summed E-state index contributed by atoms with van der Waals surface area (Å²) < 4.78 is 2.10. The summed E-state index contributed by atoms with van der Waals surface area (Å²) in [5, 5.41) is 21.5. The lowest BCUT2D eigenvalue weighted by Crippen LogP contribution is -2.43. The second-order valence-corrected chi connectivity index (χ2v) is 7.45. The van der Waals surface area contributed by atoms with Gasteiger partial charge in [-0.05, 0) is 41.5 Å². The van der Waals surface area contributed by atoms with Gasteiger partial charge in [0.15, 0.2) is 6.54 Å². The van der Waals surface area contributed by atoms with Crippen molar-refractivity contribution in [2.75, 3.05) is 6.54 Å². The summed E-state index contributed by atoms with van der Waals surface area (Å²) in [5.41, 5.74) is 9.65. The zero-order valence-electron chi connectivity index (χ0n) is 18.9. The van der Waals surface area contributed by atoms with Gasteiger partial charge in [-0.15, -0.1) is 0 Å². The van der Waals surface area contributed by atoms with Gasteiger partial charge in [0, 0.05) is 48.6 Å². The summed E-state index contributed by atoms with van der Waals surface area (Å²) in [7, 11) is 0. The van der Waals surface area contributed by atoms with E-state index in [4.69, 9.17) is 5.73 Å². The molecule has 0 spiro atoms. The van der Waals surface area contributed by atoms with Crippen LogP contribution in [-0.2, 0) is 6.54 Å². The van der Waals surface area contributed by atoms with Crippen LogP contribution in [0.4, 0.5) is 11.4 Å². The SMILES string of the molecule is NCC[n+]1c(/C=C/C=C/c2ccc([N+](=O)[O-])cc2)cccc1/C=C/C=C/c1ccc([N+](=O)[O-])cc1. The molecule has 3 rings (SSSR count). The smallest absolute Gasteiger partial charge is 0.269 e. The van der Waals surface area contributed by atoms with E-state index in [2.05, 4.69) is 4.57 Å². The van der Waals surface area contributed by atoms with E-state index in [1.54, 1.807) is 24.3 Å². The molecule has 176 valence electrons. The van der Waals surface area contributed by atoms with Crippen LogP contribution in [0, 0.1) is 20.2 Å². The van der Waals surface area contributed by atoms with Crippen LogP contribution in [0.15, 0.2) is 91.0 Å². The highest BCUT2D eigenvalue weighted by Crippen LogP contribution is 2.14. The molecule has 0 saturated carbocycles. The van der Waals surface area contributed by atoms with Crippen LogP contribution in [0.5, 0.6) is 0 Å². The molecule has 0 aliphatic carbocycles.